The number of amides is 1. The highest BCUT2D eigenvalue weighted by Crippen LogP contribution is 2.78. The first-order chi connectivity index (χ1) is 21.3. The minimum Gasteiger partial charge on any atom is -0.480 e. The van der Waals surface area contributed by atoms with Crippen molar-refractivity contribution in [3.8, 4) is 0 Å². The zero-order valence-electron chi connectivity index (χ0n) is 29.4. The topological polar surface area (TPSA) is 104 Å². The molecule has 5 aliphatic carbocycles. The number of fused-ring (bicyclic) bond motifs is 7. The van der Waals surface area contributed by atoms with Crippen molar-refractivity contribution in [1.29, 1.82) is 0 Å². The van der Waals surface area contributed by atoms with Crippen LogP contribution in [0.3, 0.4) is 0 Å². The van der Waals surface area contributed by atoms with Crippen LogP contribution in [0, 0.1) is 56.2 Å². The van der Waals surface area contributed by atoms with E-state index >= 15 is 0 Å². The molecular weight excluding hydrogens is 574 g/mol. The lowest BCUT2D eigenvalue weighted by molar-refractivity contribution is -0.214. The van der Waals surface area contributed by atoms with E-state index in [1.807, 2.05) is 36.4 Å². The first-order valence-electron chi connectivity index (χ1n) is 17.9. The Morgan fingerprint density at radius 1 is 0.935 bits per heavy atom. The Morgan fingerprint density at radius 2 is 1.61 bits per heavy atom. The van der Waals surface area contributed by atoms with Crippen LogP contribution in [-0.2, 0) is 20.8 Å². The minimum atomic E-state index is -1.02. The number of carboxylic acid groups (broad SMARTS) is 1. The van der Waals surface area contributed by atoms with E-state index in [0.29, 0.717) is 12.3 Å². The zero-order valence-corrected chi connectivity index (χ0v) is 29.4. The summed E-state index contributed by atoms with van der Waals surface area (Å²) in [7, 11) is 0. The standard InChI is InChI=1S/C40H57NO5/c1-24-22-36(4)17-14-26(33(44)41-27(34(45)46)20-25-12-10-9-11-13-25)23-39(36,7)30-21-28(42)32-37(5)18-16-31(43)35(2,3)29(37)15-19-38(32,6)40(24,30)8/h9-13,21,24,26-27,29,31-32,43H,14-20,22-23H2,1-8H3,(H,41,44)(H,45,46)/t24-,26-,27?,29-,31-,32+,36+,37-,38+,39-,40+/m0/s1. The maximum atomic E-state index is 14.7. The van der Waals surface area contributed by atoms with Gasteiger partial charge in [0.25, 0.3) is 0 Å². The Balaban J connectivity index is 1.35. The number of aliphatic carboxylic acids is 1. The molecule has 252 valence electrons. The van der Waals surface area contributed by atoms with Gasteiger partial charge in [-0.2, -0.15) is 0 Å². The number of aliphatic hydroxyl groups is 1. The second-order valence-electron chi connectivity index (χ2n) is 18.0. The molecule has 6 rings (SSSR count). The number of allylic oxidation sites excluding steroid dienone is 2. The molecule has 46 heavy (non-hydrogen) atoms. The van der Waals surface area contributed by atoms with Crippen molar-refractivity contribution in [2.45, 2.75) is 125 Å². The van der Waals surface area contributed by atoms with E-state index in [1.54, 1.807) is 0 Å². The summed E-state index contributed by atoms with van der Waals surface area (Å²) in [5.41, 5.74) is 0.813. The molecule has 0 aromatic heterocycles. The number of carbonyl (C=O) groups is 3. The second kappa shape index (κ2) is 10.8. The smallest absolute Gasteiger partial charge is 0.326 e. The van der Waals surface area contributed by atoms with Gasteiger partial charge < -0.3 is 15.5 Å². The summed E-state index contributed by atoms with van der Waals surface area (Å²) in [6.45, 7) is 18.7. The van der Waals surface area contributed by atoms with Crippen LogP contribution >= 0.6 is 0 Å². The van der Waals surface area contributed by atoms with Crippen molar-refractivity contribution in [3.63, 3.8) is 0 Å². The van der Waals surface area contributed by atoms with Gasteiger partial charge in [-0.3, -0.25) is 9.59 Å². The Morgan fingerprint density at radius 3 is 2.26 bits per heavy atom. The predicted octanol–water partition coefficient (Wildman–Crippen LogP) is 7.39. The molecule has 0 heterocycles. The number of carboxylic acids is 1. The third-order valence-corrected chi connectivity index (χ3v) is 15.7. The molecule has 1 unspecified atom stereocenters. The van der Waals surface area contributed by atoms with Crippen molar-refractivity contribution in [2.24, 2.45) is 56.2 Å². The van der Waals surface area contributed by atoms with Crippen LogP contribution in [0.2, 0.25) is 0 Å². The maximum Gasteiger partial charge on any atom is 0.326 e. The van der Waals surface area contributed by atoms with Crippen LogP contribution in [-0.4, -0.2) is 40.0 Å². The number of carbonyl (C=O) groups excluding carboxylic acids is 2. The molecule has 1 aromatic carbocycles. The van der Waals surface area contributed by atoms with E-state index < -0.39 is 12.0 Å². The van der Waals surface area contributed by atoms with Crippen LogP contribution in [0.5, 0.6) is 0 Å². The van der Waals surface area contributed by atoms with E-state index in [4.69, 9.17) is 0 Å². The van der Waals surface area contributed by atoms with Gasteiger partial charge in [-0.1, -0.05) is 91.3 Å². The summed E-state index contributed by atoms with van der Waals surface area (Å²) in [5, 5.41) is 24.0. The minimum absolute atomic E-state index is 0.0632. The summed E-state index contributed by atoms with van der Waals surface area (Å²) < 4.78 is 0. The van der Waals surface area contributed by atoms with Gasteiger partial charge in [0, 0.05) is 18.3 Å². The monoisotopic (exact) mass is 631 g/mol. The van der Waals surface area contributed by atoms with Gasteiger partial charge in [0.1, 0.15) is 6.04 Å². The molecule has 4 saturated carbocycles. The molecule has 1 amide bonds. The average Bonchev–Trinajstić information content (AvgIpc) is 2.97. The molecule has 0 saturated heterocycles. The van der Waals surface area contributed by atoms with Gasteiger partial charge >= 0.3 is 5.97 Å². The van der Waals surface area contributed by atoms with Crippen molar-refractivity contribution in [2.75, 3.05) is 0 Å². The second-order valence-corrected chi connectivity index (χ2v) is 18.0. The number of hydrogen-bond donors (Lipinski definition) is 3. The predicted molar refractivity (Wildman–Crippen MR) is 180 cm³/mol. The number of benzene rings is 1. The van der Waals surface area contributed by atoms with E-state index in [9.17, 15) is 24.6 Å². The average molecular weight is 632 g/mol. The number of ketones is 1. The molecule has 6 heteroatoms. The van der Waals surface area contributed by atoms with Crippen molar-refractivity contribution in [1.82, 2.24) is 5.32 Å². The van der Waals surface area contributed by atoms with Gasteiger partial charge in [-0.05, 0) is 107 Å². The molecule has 0 aliphatic heterocycles. The molecule has 4 fully saturated rings. The highest BCUT2D eigenvalue weighted by molar-refractivity contribution is 5.96. The van der Waals surface area contributed by atoms with E-state index in [1.165, 1.54) is 5.57 Å². The summed E-state index contributed by atoms with van der Waals surface area (Å²) >= 11 is 0. The normalized spacial score (nSPS) is 45.2. The molecular formula is C40H57NO5. The van der Waals surface area contributed by atoms with Gasteiger partial charge in [0.05, 0.1) is 6.10 Å². The molecule has 0 spiro atoms. The molecule has 5 aliphatic rings. The van der Waals surface area contributed by atoms with Crippen LogP contribution in [0.1, 0.15) is 112 Å². The molecule has 1 aromatic rings. The summed E-state index contributed by atoms with van der Waals surface area (Å²) in [6, 6.07) is 8.46. The lowest BCUT2D eigenvalue weighted by Crippen LogP contribution is -2.69. The molecule has 11 atom stereocenters. The summed E-state index contributed by atoms with van der Waals surface area (Å²) in [5.74, 6) is -0.736. The van der Waals surface area contributed by atoms with Crippen LogP contribution in [0.25, 0.3) is 0 Å². The zero-order chi connectivity index (χ0) is 33.7. The largest absolute Gasteiger partial charge is 0.480 e. The van der Waals surface area contributed by atoms with Crippen molar-refractivity contribution >= 4 is 17.7 Å². The first kappa shape index (κ1) is 33.4. The van der Waals surface area contributed by atoms with E-state index in [0.717, 1.165) is 50.5 Å². The summed E-state index contributed by atoms with van der Waals surface area (Å²) in [4.78, 5) is 40.9. The van der Waals surface area contributed by atoms with Crippen LogP contribution in [0.15, 0.2) is 42.0 Å². The Hall–Kier alpha value is -2.47. The fourth-order valence-corrected chi connectivity index (χ4v) is 12.7. The van der Waals surface area contributed by atoms with Gasteiger partial charge in [-0.25, -0.2) is 4.79 Å². The fraction of sp³-hybridized carbons (Fsp3) is 0.725. The van der Waals surface area contributed by atoms with Crippen molar-refractivity contribution in [3.05, 3.63) is 47.5 Å². The van der Waals surface area contributed by atoms with Gasteiger partial charge in [-0.15, -0.1) is 0 Å². The number of aliphatic hydroxyl groups excluding tert-OH is 1. The SMILES string of the molecule is C[C@H]1C[C@@]2(C)CC[C@H](C(=O)NC(Cc3ccccc3)C(=O)O)C[C@@]2(C)C2=CC(=O)[C@@H]3[C@@]4(C)CC[C@H](O)C(C)(C)[C@@H]4CC[C@@]3(C)[C@@]21C. The van der Waals surface area contributed by atoms with Crippen LogP contribution < -0.4 is 5.32 Å². The number of rotatable bonds is 5. The molecule has 0 radical (unpaired) electrons. The van der Waals surface area contributed by atoms with Crippen LogP contribution in [0.4, 0.5) is 0 Å². The lowest BCUT2D eigenvalue weighted by atomic mass is 9.30. The molecule has 0 bridgehead atoms. The quantitative estimate of drug-likeness (QED) is 0.315. The highest BCUT2D eigenvalue weighted by Gasteiger charge is 2.73. The Kier molecular flexibility index (Phi) is 7.83. The van der Waals surface area contributed by atoms with Gasteiger partial charge in [0.15, 0.2) is 5.78 Å². The summed E-state index contributed by atoms with van der Waals surface area (Å²) in [6.07, 6.45) is 8.75. The Labute approximate surface area is 276 Å². The molecule has 3 N–H and O–H groups in total. The third-order valence-electron chi connectivity index (χ3n) is 15.7. The third kappa shape index (κ3) is 4.47. The molecule has 6 nitrogen and oxygen atoms in total. The Bertz CT molecular complexity index is 1450. The number of hydrogen-bond acceptors (Lipinski definition) is 4. The maximum absolute atomic E-state index is 14.7. The lowest BCUT2D eigenvalue weighted by Gasteiger charge is -2.73. The van der Waals surface area contributed by atoms with Crippen molar-refractivity contribution < 1.29 is 24.6 Å². The fourth-order valence-electron chi connectivity index (χ4n) is 12.7. The first-order valence-corrected chi connectivity index (χ1v) is 17.9. The van der Waals surface area contributed by atoms with Gasteiger partial charge in [0.2, 0.25) is 5.91 Å². The van der Waals surface area contributed by atoms with E-state index in [2.05, 4.69) is 60.7 Å². The number of nitrogens with one attached hydrogen (secondary N) is 1. The highest BCUT2D eigenvalue weighted by atomic mass is 16.4. The van der Waals surface area contributed by atoms with E-state index in [-0.39, 0.29) is 74.5 Å².